The highest BCUT2D eigenvalue weighted by Crippen LogP contribution is 2.42. The molecule has 8 nitrogen and oxygen atoms in total. The summed E-state index contributed by atoms with van der Waals surface area (Å²) in [5.41, 5.74) is 1.77. The van der Waals surface area contributed by atoms with E-state index >= 15 is 0 Å². The van der Waals surface area contributed by atoms with Crippen LogP contribution in [-0.2, 0) is 4.74 Å². The standard InChI is InChI=1S/C18H20N4O4/c1-23-15-11-16(24-2)21-18(20-15)26-22-13-8-3-4-9-14(13)25-17(22)12-7-5-6-10-19-12/h5-7,10-11,17H,3-4,8-9H2,1-2H3. The Morgan fingerprint density at radius 1 is 1.08 bits per heavy atom. The van der Waals surface area contributed by atoms with Crippen molar-refractivity contribution in [2.75, 3.05) is 14.2 Å². The first kappa shape index (κ1) is 16.4. The Hall–Kier alpha value is -3.03. The number of pyridine rings is 1. The highest BCUT2D eigenvalue weighted by atomic mass is 16.7. The van der Waals surface area contributed by atoms with E-state index in [2.05, 4.69) is 15.0 Å². The van der Waals surface area contributed by atoms with Crippen molar-refractivity contribution >= 4 is 0 Å². The van der Waals surface area contributed by atoms with E-state index in [1.54, 1.807) is 17.3 Å². The maximum Gasteiger partial charge on any atom is 0.349 e. The van der Waals surface area contributed by atoms with E-state index in [0.717, 1.165) is 42.8 Å². The lowest BCUT2D eigenvalue weighted by Crippen LogP contribution is -2.29. The van der Waals surface area contributed by atoms with Crippen molar-refractivity contribution in [1.82, 2.24) is 20.0 Å². The van der Waals surface area contributed by atoms with Crippen LogP contribution in [0, 0.1) is 0 Å². The van der Waals surface area contributed by atoms with Crippen molar-refractivity contribution in [3.63, 3.8) is 0 Å². The van der Waals surface area contributed by atoms with Crippen LogP contribution in [0.5, 0.6) is 17.8 Å². The first-order valence-corrected chi connectivity index (χ1v) is 8.52. The predicted molar refractivity (Wildman–Crippen MR) is 91.2 cm³/mol. The smallest absolute Gasteiger partial charge is 0.349 e. The Bertz CT molecular complexity index is 790. The number of ether oxygens (including phenoxy) is 3. The molecule has 1 unspecified atom stereocenters. The van der Waals surface area contributed by atoms with Crippen molar-refractivity contribution in [2.45, 2.75) is 31.9 Å². The van der Waals surface area contributed by atoms with Crippen molar-refractivity contribution in [3.05, 3.63) is 47.6 Å². The van der Waals surface area contributed by atoms with Gasteiger partial charge in [0.1, 0.15) is 11.5 Å². The van der Waals surface area contributed by atoms with Crippen LogP contribution in [0.15, 0.2) is 41.9 Å². The number of nitrogens with zero attached hydrogens (tertiary/aromatic N) is 4. The molecule has 0 fully saturated rings. The molecule has 0 saturated heterocycles. The fourth-order valence-electron chi connectivity index (χ4n) is 3.07. The Kier molecular flexibility index (Phi) is 4.47. The van der Waals surface area contributed by atoms with Crippen molar-refractivity contribution in [2.24, 2.45) is 0 Å². The van der Waals surface area contributed by atoms with Crippen molar-refractivity contribution in [3.8, 4) is 17.8 Å². The molecule has 0 aromatic carbocycles. The molecule has 0 saturated carbocycles. The van der Waals surface area contributed by atoms with Gasteiger partial charge in [-0.3, -0.25) is 4.98 Å². The predicted octanol–water partition coefficient (Wildman–Crippen LogP) is 3.00. The van der Waals surface area contributed by atoms with Crippen LogP contribution in [0.1, 0.15) is 37.6 Å². The van der Waals surface area contributed by atoms with Crippen LogP contribution in [0.4, 0.5) is 0 Å². The fraction of sp³-hybridized carbons (Fsp3) is 0.389. The molecular weight excluding hydrogens is 336 g/mol. The average Bonchev–Trinajstić information content (AvgIpc) is 3.07. The minimum Gasteiger partial charge on any atom is -0.481 e. The van der Waals surface area contributed by atoms with Crippen LogP contribution in [0.2, 0.25) is 0 Å². The van der Waals surface area contributed by atoms with E-state index in [1.165, 1.54) is 14.2 Å². The van der Waals surface area contributed by atoms with E-state index in [4.69, 9.17) is 19.0 Å². The van der Waals surface area contributed by atoms with Gasteiger partial charge in [0, 0.05) is 12.6 Å². The van der Waals surface area contributed by atoms with Crippen molar-refractivity contribution in [1.29, 1.82) is 0 Å². The van der Waals surface area contributed by atoms with Gasteiger partial charge < -0.3 is 19.0 Å². The number of hydrogen-bond donors (Lipinski definition) is 0. The zero-order chi connectivity index (χ0) is 17.9. The van der Waals surface area contributed by atoms with E-state index in [0.29, 0.717) is 11.8 Å². The van der Waals surface area contributed by atoms with Gasteiger partial charge in [-0.25, -0.2) is 0 Å². The normalized spacial score (nSPS) is 19.0. The summed E-state index contributed by atoms with van der Waals surface area (Å²) in [6.07, 6.45) is 5.21. The third-order valence-electron chi connectivity index (χ3n) is 4.32. The number of hydroxylamine groups is 2. The van der Waals surface area contributed by atoms with Gasteiger partial charge >= 0.3 is 6.01 Å². The van der Waals surface area contributed by atoms with Gasteiger partial charge in [-0.1, -0.05) is 6.07 Å². The second-order valence-corrected chi connectivity index (χ2v) is 5.95. The molecular formula is C18H20N4O4. The van der Waals surface area contributed by atoms with Crippen LogP contribution >= 0.6 is 0 Å². The molecule has 2 aromatic heterocycles. The molecule has 2 aliphatic rings. The SMILES string of the molecule is COc1cc(OC)nc(ON2C3=C(CCCC3)OC2c2ccccn2)n1. The van der Waals surface area contributed by atoms with Gasteiger partial charge in [0.25, 0.3) is 0 Å². The number of hydrogen-bond acceptors (Lipinski definition) is 8. The Morgan fingerprint density at radius 3 is 2.54 bits per heavy atom. The van der Waals surface area contributed by atoms with E-state index < -0.39 is 6.23 Å². The average molecular weight is 356 g/mol. The molecule has 136 valence electrons. The molecule has 0 radical (unpaired) electrons. The minimum absolute atomic E-state index is 0.130. The number of aromatic nitrogens is 3. The van der Waals surface area contributed by atoms with Crippen LogP contribution in [-0.4, -0.2) is 34.2 Å². The van der Waals surface area contributed by atoms with Gasteiger partial charge in [-0.15, -0.1) is 0 Å². The number of rotatable bonds is 5. The molecule has 8 heteroatoms. The maximum atomic E-state index is 6.15. The molecule has 1 aliphatic heterocycles. The molecule has 1 atom stereocenters. The van der Waals surface area contributed by atoms with Gasteiger partial charge in [-0.2, -0.15) is 15.0 Å². The Morgan fingerprint density at radius 2 is 1.85 bits per heavy atom. The summed E-state index contributed by atoms with van der Waals surface area (Å²) < 4.78 is 16.5. The summed E-state index contributed by atoms with van der Waals surface area (Å²) in [7, 11) is 3.06. The summed E-state index contributed by atoms with van der Waals surface area (Å²) in [6, 6.07) is 7.42. The summed E-state index contributed by atoms with van der Waals surface area (Å²) in [4.78, 5) is 18.9. The first-order valence-electron chi connectivity index (χ1n) is 8.52. The van der Waals surface area contributed by atoms with Crippen LogP contribution in [0.25, 0.3) is 0 Å². The molecule has 3 heterocycles. The Labute approximate surface area is 151 Å². The molecule has 0 amide bonds. The first-order chi connectivity index (χ1) is 12.8. The quantitative estimate of drug-likeness (QED) is 0.809. The van der Waals surface area contributed by atoms with Gasteiger partial charge in [0.15, 0.2) is 0 Å². The van der Waals surface area contributed by atoms with Crippen LogP contribution in [0.3, 0.4) is 0 Å². The summed E-state index contributed by atoms with van der Waals surface area (Å²) in [6.45, 7) is 0. The third-order valence-corrected chi connectivity index (χ3v) is 4.32. The lowest BCUT2D eigenvalue weighted by molar-refractivity contribution is -0.135. The third kappa shape index (κ3) is 3.10. The maximum absolute atomic E-state index is 6.15. The second kappa shape index (κ2) is 7.07. The molecule has 0 bridgehead atoms. The lowest BCUT2D eigenvalue weighted by Gasteiger charge is -2.25. The zero-order valence-corrected chi connectivity index (χ0v) is 14.7. The number of methoxy groups -OCH3 is 2. The summed E-state index contributed by atoms with van der Waals surface area (Å²) in [5, 5.41) is 1.71. The lowest BCUT2D eigenvalue weighted by atomic mass is 10.0. The van der Waals surface area contributed by atoms with E-state index in [1.807, 2.05) is 18.2 Å². The minimum atomic E-state index is -0.472. The highest BCUT2D eigenvalue weighted by Gasteiger charge is 2.39. The number of allylic oxidation sites excluding steroid dienone is 2. The topological polar surface area (TPSA) is 78.8 Å². The summed E-state index contributed by atoms with van der Waals surface area (Å²) in [5.74, 6) is 1.67. The summed E-state index contributed by atoms with van der Waals surface area (Å²) >= 11 is 0. The van der Waals surface area contributed by atoms with Crippen molar-refractivity contribution < 1.29 is 19.0 Å². The largest absolute Gasteiger partial charge is 0.481 e. The molecule has 4 rings (SSSR count). The van der Waals surface area contributed by atoms with E-state index in [9.17, 15) is 0 Å². The highest BCUT2D eigenvalue weighted by molar-refractivity contribution is 5.24. The monoisotopic (exact) mass is 356 g/mol. The fourth-order valence-corrected chi connectivity index (χ4v) is 3.07. The Balaban J connectivity index is 1.68. The zero-order valence-electron chi connectivity index (χ0n) is 14.7. The van der Waals surface area contributed by atoms with Gasteiger partial charge in [-0.05, 0) is 31.4 Å². The van der Waals surface area contributed by atoms with E-state index in [-0.39, 0.29) is 6.01 Å². The molecule has 26 heavy (non-hydrogen) atoms. The molecule has 0 N–H and O–H groups in total. The van der Waals surface area contributed by atoms with Gasteiger partial charge in [0.2, 0.25) is 18.0 Å². The second-order valence-electron chi connectivity index (χ2n) is 5.95. The molecule has 1 aliphatic carbocycles. The van der Waals surface area contributed by atoms with Gasteiger partial charge in [0.05, 0.1) is 26.0 Å². The molecule has 2 aromatic rings. The molecule has 0 spiro atoms. The van der Waals surface area contributed by atoms with Crippen LogP contribution < -0.4 is 14.3 Å².